The molecule has 1 N–H and O–H groups in total. The summed E-state index contributed by atoms with van der Waals surface area (Å²) in [6, 6.07) is 19.0. The van der Waals surface area contributed by atoms with E-state index in [1.165, 1.54) is 16.7 Å². The Kier molecular flexibility index (Phi) is 4.55. The SMILES string of the molecule is Cc1cccc(C(C)NC(C)c2ccc(C#N)cc2)c1. The van der Waals surface area contributed by atoms with E-state index in [-0.39, 0.29) is 6.04 Å². The average Bonchev–Trinajstić information content (AvgIpc) is 2.47. The fourth-order valence-corrected chi connectivity index (χ4v) is 2.35. The highest BCUT2D eigenvalue weighted by Gasteiger charge is 2.11. The Morgan fingerprint density at radius 2 is 1.60 bits per heavy atom. The number of rotatable bonds is 4. The second-order valence-corrected chi connectivity index (χ2v) is 5.26. The number of hydrogen-bond acceptors (Lipinski definition) is 2. The molecule has 20 heavy (non-hydrogen) atoms. The molecule has 2 heteroatoms. The standard InChI is InChI=1S/C18H20N2/c1-13-5-4-6-18(11-13)15(3)20-14(2)17-9-7-16(12-19)8-10-17/h4-11,14-15,20H,1-3H3. The van der Waals surface area contributed by atoms with E-state index in [1.807, 2.05) is 24.3 Å². The van der Waals surface area contributed by atoms with Gasteiger partial charge in [0.25, 0.3) is 0 Å². The van der Waals surface area contributed by atoms with E-state index in [4.69, 9.17) is 5.26 Å². The van der Waals surface area contributed by atoms with E-state index < -0.39 is 0 Å². The molecular weight excluding hydrogens is 244 g/mol. The van der Waals surface area contributed by atoms with Crippen LogP contribution in [0, 0.1) is 18.3 Å². The van der Waals surface area contributed by atoms with E-state index in [1.54, 1.807) is 0 Å². The van der Waals surface area contributed by atoms with E-state index in [2.05, 4.69) is 56.4 Å². The molecule has 2 atom stereocenters. The number of nitriles is 1. The summed E-state index contributed by atoms with van der Waals surface area (Å²) in [6.45, 7) is 6.43. The average molecular weight is 264 g/mol. The van der Waals surface area contributed by atoms with Gasteiger partial charge >= 0.3 is 0 Å². The van der Waals surface area contributed by atoms with E-state index in [0.717, 1.165) is 0 Å². The minimum atomic E-state index is 0.248. The van der Waals surface area contributed by atoms with Gasteiger partial charge in [0.05, 0.1) is 11.6 Å². The van der Waals surface area contributed by atoms with Crippen molar-refractivity contribution in [1.82, 2.24) is 5.32 Å². The van der Waals surface area contributed by atoms with Crippen molar-refractivity contribution in [2.75, 3.05) is 0 Å². The fraction of sp³-hybridized carbons (Fsp3) is 0.278. The molecule has 0 aliphatic heterocycles. The molecule has 0 saturated carbocycles. The van der Waals surface area contributed by atoms with Crippen molar-refractivity contribution in [1.29, 1.82) is 5.26 Å². The summed E-state index contributed by atoms with van der Waals surface area (Å²) in [5.74, 6) is 0. The van der Waals surface area contributed by atoms with Gasteiger partial charge < -0.3 is 5.32 Å². The smallest absolute Gasteiger partial charge is 0.0991 e. The van der Waals surface area contributed by atoms with Gasteiger partial charge in [-0.05, 0) is 44.0 Å². The number of nitrogens with zero attached hydrogens (tertiary/aromatic N) is 1. The van der Waals surface area contributed by atoms with Crippen LogP contribution in [-0.2, 0) is 0 Å². The third-order valence-corrected chi connectivity index (χ3v) is 3.58. The van der Waals surface area contributed by atoms with E-state index in [0.29, 0.717) is 11.6 Å². The summed E-state index contributed by atoms with van der Waals surface area (Å²) in [6.07, 6.45) is 0. The fourth-order valence-electron chi connectivity index (χ4n) is 2.35. The van der Waals surface area contributed by atoms with Gasteiger partial charge in [-0.1, -0.05) is 42.0 Å². The van der Waals surface area contributed by atoms with Crippen molar-refractivity contribution in [3.8, 4) is 6.07 Å². The lowest BCUT2D eigenvalue weighted by molar-refractivity contribution is 0.494. The Morgan fingerprint density at radius 3 is 2.20 bits per heavy atom. The van der Waals surface area contributed by atoms with Crippen molar-refractivity contribution in [3.05, 3.63) is 70.8 Å². The highest BCUT2D eigenvalue weighted by atomic mass is 14.9. The van der Waals surface area contributed by atoms with Crippen LogP contribution < -0.4 is 5.32 Å². The highest BCUT2D eigenvalue weighted by Crippen LogP contribution is 2.20. The van der Waals surface area contributed by atoms with Crippen LogP contribution in [0.15, 0.2) is 48.5 Å². The molecule has 0 amide bonds. The Hall–Kier alpha value is -2.11. The minimum Gasteiger partial charge on any atom is -0.304 e. The summed E-state index contributed by atoms with van der Waals surface area (Å²) < 4.78 is 0. The van der Waals surface area contributed by atoms with Gasteiger partial charge in [0.2, 0.25) is 0 Å². The molecule has 0 aromatic heterocycles. The molecular formula is C18H20N2. The first kappa shape index (κ1) is 14.3. The topological polar surface area (TPSA) is 35.8 Å². The molecule has 0 bridgehead atoms. The van der Waals surface area contributed by atoms with Crippen LogP contribution in [0.4, 0.5) is 0 Å². The van der Waals surface area contributed by atoms with Crippen molar-refractivity contribution >= 4 is 0 Å². The summed E-state index contributed by atoms with van der Waals surface area (Å²) in [5, 5.41) is 12.4. The van der Waals surface area contributed by atoms with Gasteiger partial charge in [0, 0.05) is 12.1 Å². The number of aryl methyl sites for hydroxylation is 1. The minimum absolute atomic E-state index is 0.248. The predicted octanol–water partition coefficient (Wildman–Crippen LogP) is 4.28. The molecule has 0 aliphatic carbocycles. The largest absolute Gasteiger partial charge is 0.304 e. The molecule has 2 aromatic carbocycles. The number of benzene rings is 2. The number of nitrogens with one attached hydrogen (secondary N) is 1. The Bertz CT molecular complexity index is 608. The molecule has 2 unspecified atom stereocenters. The molecule has 0 fully saturated rings. The first-order valence-electron chi connectivity index (χ1n) is 6.93. The van der Waals surface area contributed by atoms with Crippen LogP contribution in [0.2, 0.25) is 0 Å². The van der Waals surface area contributed by atoms with Gasteiger partial charge in [-0.3, -0.25) is 0 Å². The lowest BCUT2D eigenvalue weighted by atomic mass is 10.0. The van der Waals surface area contributed by atoms with Gasteiger partial charge in [-0.2, -0.15) is 5.26 Å². The highest BCUT2D eigenvalue weighted by molar-refractivity contribution is 5.33. The quantitative estimate of drug-likeness (QED) is 0.894. The maximum atomic E-state index is 8.82. The Labute approximate surface area is 121 Å². The summed E-state index contributed by atoms with van der Waals surface area (Å²) in [7, 11) is 0. The molecule has 2 aromatic rings. The maximum absolute atomic E-state index is 8.82. The first-order valence-corrected chi connectivity index (χ1v) is 6.93. The van der Waals surface area contributed by atoms with Crippen LogP contribution in [0.5, 0.6) is 0 Å². The Morgan fingerprint density at radius 1 is 0.950 bits per heavy atom. The second kappa shape index (κ2) is 6.36. The predicted molar refractivity (Wildman–Crippen MR) is 82.3 cm³/mol. The molecule has 2 nitrogen and oxygen atoms in total. The van der Waals surface area contributed by atoms with Crippen molar-refractivity contribution < 1.29 is 0 Å². The monoisotopic (exact) mass is 264 g/mol. The van der Waals surface area contributed by atoms with Crippen molar-refractivity contribution in [3.63, 3.8) is 0 Å². The summed E-state index contributed by atoms with van der Waals surface area (Å²) >= 11 is 0. The van der Waals surface area contributed by atoms with Crippen LogP contribution in [0.3, 0.4) is 0 Å². The lowest BCUT2D eigenvalue weighted by Gasteiger charge is -2.21. The van der Waals surface area contributed by atoms with E-state index >= 15 is 0 Å². The zero-order valence-electron chi connectivity index (χ0n) is 12.2. The van der Waals surface area contributed by atoms with Gasteiger partial charge in [0.15, 0.2) is 0 Å². The molecule has 0 heterocycles. The molecule has 102 valence electrons. The van der Waals surface area contributed by atoms with Crippen LogP contribution >= 0.6 is 0 Å². The third kappa shape index (κ3) is 3.46. The zero-order valence-corrected chi connectivity index (χ0v) is 12.2. The molecule has 0 aliphatic rings. The second-order valence-electron chi connectivity index (χ2n) is 5.26. The molecule has 0 radical (unpaired) electrons. The molecule has 0 spiro atoms. The third-order valence-electron chi connectivity index (χ3n) is 3.58. The van der Waals surface area contributed by atoms with Gasteiger partial charge in [0.1, 0.15) is 0 Å². The van der Waals surface area contributed by atoms with Crippen LogP contribution in [-0.4, -0.2) is 0 Å². The summed E-state index contributed by atoms with van der Waals surface area (Å²) in [4.78, 5) is 0. The van der Waals surface area contributed by atoms with Crippen LogP contribution in [0.1, 0.15) is 48.2 Å². The van der Waals surface area contributed by atoms with Crippen molar-refractivity contribution in [2.24, 2.45) is 0 Å². The lowest BCUT2D eigenvalue weighted by Crippen LogP contribution is -2.22. The van der Waals surface area contributed by atoms with Crippen LogP contribution in [0.25, 0.3) is 0 Å². The van der Waals surface area contributed by atoms with Crippen molar-refractivity contribution in [2.45, 2.75) is 32.9 Å². The first-order chi connectivity index (χ1) is 9.60. The Balaban J connectivity index is 2.06. The maximum Gasteiger partial charge on any atom is 0.0991 e. The van der Waals surface area contributed by atoms with E-state index in [9.17, 15) is 0 Å². The van der Waals surface area contributed by atoms with Gasteiger partial charge in [-0.15, -0.1) is 0 Å². The number of hydrogen-bond donors (Lipinski definition) is 1. The van der Waals surface area contributed by atoms with Gasteiger partial charge in [-0.25, -0.2) is 0 Å². The normalized spacial score (nSPS) is 13.5. The molecule has 2 rings (SSSR count). The summed E-state index contributed by atoms with van der Waals surface area (Å²) in [5.41, 5.74) is 4.48. The zero-order chi connectivity index (χ0) is 14.5. The molecule has 0 saturated heterocycles.